The van der Waals surface area contributed by atoms with E-state index in [1.54, 1.807) is 48.5 Å². The number of nitrogens with one attached hydrogen (secondary N) is 1. The van der Waals surface area contributed by atoms with Crippen LogP contribution < -0.4 is 4.74 Å². The number of carbonyl (C=O) groups is 1. The number of hydrogen-bond donors (Lipinski definition) is 2. The lowest BCUT2D eigenvalue weighted by atomic mass is 10.1. The van der Waals surface area contributed by atoms with Crippen LogP contribution in [0.4, 0.5) is 4.79 Å². The molecule has 3 aromatic rings. The average Bonchev–Trinajstić information content (AvgIpc) is 3.15. The number of nitrogens with zero attached hydrogens (tertiary/aromatic N) is 1. The summed E-state index contributed by atoms with van der Waals surface area (Å²) < 4.78 is 32.1. The number of amides is 1. The second-order valence-corrected chi connectivity index (χ2v) is 8.65. The number of benzene rings is 2. The second-order valence-electron chi connectivity index (χ2n) is 6.73. The van der Waals surface area contributed by atoms with Crippen LogP contribution in [0.15, 0.2) is 64.5 Å². The van der Waals surface area contributed by atoms with Crippen LogP contribution in [0.2, 0.25) is 0 Å². The maximum Gasteiger partial charge on any atom is 0.407 e. The third kappa shape index (κ3) is 3.31. The Kier molecular flexibility index (Phi) is 4.72. The Balaban J connectivity index is 1.62. The SMILES string of the molecule is O=C(O)N1CCC(Oc2cccc3c(S(=O)(=O)c4ccccc4)c[nH]c23)CC1. The van der Waals surface area contributed by atoms with Gasteiger partial charge in [-0.2, -0.15) is 0 Å². The minimum absolute atomic E-state index is 0.112. The molecule has 2 aromatic carbocycles. The summed E-state index contributed by atoms with van der Waals surface area (Å²) >= 11 is 0. The fraction of sp³-hybridized carbons (Fsp3) is 0.250. The van der Waals surface area contributed by atoms with E-state index in [-0.39, 0.29) is 15.9 Å². The Labute approximate surface area is 162 Å². The van der Waals surface area contributed by atoms with Crippen LogP contribution in [-0.2, 0) is 9.84 Å². The monoisotopic (exact) mass is 400 g/mol. The van der Waals surface area contributed by atoms with E-state index in [1.165, 1.54) is 11.1 Å². The number of aromatic amines is 1. The van der Waals surface area contributed by atoms with Gasteiger partial charge in [0.15, 0.2) is 0 Å². The molecule has 0 spiro atoms. The summed E-state index contributed by atoms with van der Waals surface area (Å²) in [5, 5.41) is 9.63. The second kappa shape index (κ2) is 7.20. The van der Waals surface area contributed by atoms with Crippen LogP contribution in [0.1, 0.15) is 12.8 Å². The Morgan fingerprint density at radius 3 is 2.46 bits per heavy atom. The van der Waals surface area contributed by atoms with Gasteiger partial charge in [0.05, 0.1) is 15.3 Å². The van der Waals surface area contributed by atoms with Crippen molar-refractivity contribution in [2.75, 3.05) is 13.1 Å². The Hall–Kier alpha value is -3.00. The summed E-state index contributed by atoms with van der Waals surface area (Å²) in [7, 11) is -3.65. The van der Waals surface area contributed by atoms with Gasteiger partial charge in [0.2, 0.25) is 9.84 Å². The van der Waals surface area contributed by atoms with Crippen molar-refractivity contribution in [2.45, 2.75) is 28.7 Å². The molecule has 146 valence electrons. The molecule has 7 nitrogen and oxygen atoms in total. The molecule has 0 unspecified atom stereocenters. The first-order chi connectivity index (χ1) is 13.5. The van der Waals surface area contributed by atoms with E-state index in [2.05, 4.69) is 4.98 Å². The van der Waals surface area contributed by atoms with Gasteiger partial charge in [-0.1, -0.05) is 30.3 Å². The zero-order valence-corrected chi connectivity index (χ0v) is 15.9. The number of piperidine rings is 1. The number of rotatable bonds is 4. The van der Waals surface area contributed by atoms with Gasteiger partial charge in [-0.05, 0) is 18.2 Å². The van der Waals surface area contributed by atoms with E-state index in [0.29, 0.717) is 42.6 Å². The fourth-order valence-corrected chi connectivity index (χ4v) is 4.94. The van der Waals surface area contributed by atoms with E-state index in [0.717, 1.165) is 0 Å². The van der Waals surface area contributed by atoms with Gasteiger partial charge in [0.25, 0.3) is 0 Å². The van der Waals surface area contributed by atoms with Gasteiger partial charge in [0.1, 0.15) is 11.9 Å². The van der Waals surface area contributed by atoms with Gasteiger partial charge >= 0.3 is 6.09 Å². The van der Waals surface area contributed by atoms with Crippen LogP contribution in [0.25, 0.3) is 10.9 Å². The van der Waals surface area contributed by atoms with Crippen molar-refractivity contribution in [3.05, 3.63) is 54.7 Å². The molecule has 28 heavy (non-hydrogen) atoms. The number of para-hydroxylation sites is 1. The van der Waals surface area contributed by atoms with Crippen LogP contribution in [0.5, 0.6) is 5.75 Å². The van der Waals surface area contributed by atoms with Gasteiger partial charge < -0.3 is 19.7 Å². The Bertz CT molecular complexity index is 1100. The first-order valence-electron chi connectivity index (χ1n) is 9.01. The third-order valence-electron chi connectivity index (χ3n) is 4.99. The summed E-state index contributed by atoms with van der Waals surface area (Å²) in [4.78, 5) is 15.9. The number of hydrogen-bond acceptors (Lipinski definition) is 4. The van der Waals surface area contributed by atoms with Gasteiger partial charge in [-0.15, -0.1) is 0 Å². The summed E-state index contributed by atoms with van der Waals surface area (Å²) in [6, 6.07) is 13.6. The largest absolute Gasteiger partial charge is 0.488 e. The first kappa shape index (κ1) is 18.4. The highest BCUT2D eigenvalue weighted by molar-refractivity contribution is 7.91. The molecule has 8 heteroatoms. The number of likely N-dealkylation sites (tertiary alicyclic amines) is 1. The maximum atomic E-state index is 13.0. The lowest BCUT2D eigenvalue weighted by Gasteiger charge is -2.30. The zero-order chi connectivity index (χ0) is 19.7. The minimum atomic E-state index is -3.65. The highest BCUT2D eigenvalue weighted by Crippen LogP contribution is 2.34. The van der Waals surface area contributed by atoms with E-state index in [9.17, 15) is 13.2 Å². The van der Waals surface area contributed by atoms with Gasteiger partial charge in [-0.3, -0.25) is 0 Å². The molecule has 0 bridgehead atoms. The molecule has 0 atom stereocenters. The molecule has 2 N–H and O–H groups in total. The lowest BCUT2D eigenvalue weighted by molar-refractivity contribution is 0.0901. The Morgan fingerprint density at radius 1 is 1.07 bits per heavy atom. The normalized spacial score (nSPS) is 15.6. The van der Waals surface area contributed by atoms with Crippen molar-refractivity contribution in [1.29, 1.82) is 0 Å². The Morgan fingerprint density at radius 2 is 1.79 bits per heavy atom. The molecule has 1 amide bonds. The molecule has 4 rings (SSSR count). The van der Waals surface area contributed by atoms with Crippen molar-refractivity contribution in [3.63, 3.8) is 0 Å². The molecule has 2 heterocycles. The lowest BCUT2D eigenvalue weighted by Crippen LogP contribution is -2.41. The molecule has 1 fully saturated rings. The van der Waals surface area contributed by atoms with E-state index < -0.39 is 15.9 Å². The number of ether oxygens (including phenoxy) is 1. The number of sulfone groups is 1. The summed E-state index contributed by atoms with van der Waals surface area (Å²) in [6.45, 7) is 0.850. The smallest absolute Gasteiger partial charge is 0.407 e. The quantitative estimate of drug-likeness (QED) is 0.698. The number of fused-ring (bicyclic) bond motifs is 1. The molecule has 1 aliphatic rings. The van der Waals surface area contributed by atoms with Crippen molar-refractivity contribution in [3.8, 4) is 5.75 Å². The predicted molar refractivity (Wildman–Crippen MR) is 103 cm³/mol. The van der Waals surface area contributed by atoms with Crippen LogP contribution >= 0.6 is 0 Å². The maximum absolute atomic E-state index is 13.0. The number of aromatic nitrogens is 1. The molecular formula is C20H20N2O5S. The molecule has 0 saturated carbocycles. The first-order valence-corrected chi connectivity index (χ1v) is 10.5. The summed E-state index contributed by atoms with van der Waals surface area (Å²) in [6.07, 6.45) is 1.66. The molecule has 1 saturated heterocycles. The molecule has 1 aliphatic heterocycles. The molecule has 0 radical (unpaired) electrons. The highest BCUT2D eigenvalue weighted by atomic mass is 32.2. The minimum Gasteiger partial charge on any atom is -0.488 e. The van der Waals surface area contributed by atoms with Crippen molar-refractivity contribution >= 4 is 26.8 Å². The molecular weight excluding hydrogens is 380 g/mol. The summed E-state index contributed by atoms with van der Waals surface area (Å²) in [5.41, 5.74) is 0.623. The van der Waals surface area contributed by atoms with E-state index in [1.807, 2.05) is 0 Å². The predicted octanol–water partition coefficient (Wildman–Crippen LogP) is 3.52. The van der Waals surface area contributed by atoms with E-state index >= 15 is 0 Å². The molecule has 0 aliphatic carbocycles. The zero-order valence-electron chi connectivity index (χ0n) is 15.0. The van der Waals surface area contributed by atoms with Crippen molar-refractivity contribution < 1.29 is 23.1 Å². The number of H-pyrrole nitrogens is 1. The standard InChI is InChI=1S/C20H20N2O5S/c23-20(24)22-11-9-14(10-12-22)27-17-8-4-7-16-18(13-21-19(16)17)28(25,26)15-5-2-1-3-6-15/h1-8,13-14,21H,9-12H2,(H,23,24). The van der Waals surface area contributed by atoms with Gasteiger partial charge in [0, 0.05) is 37.5 Å². The molecule has 1 aromatic heterocycles. The summed E-state index contributed by atoms with van der Waals surface area (Å²) in [5.74, 6) is 0.570. The topological polar surface area (TPSA) is 99.7 Å². The van der Waals surface area contributed by atoms with Crippen molar-refractivity contribution in [1.82, 2.24) is 9.88 Å². The van der Waals surface area contributed by atoms with Crippen molar-refractivity contribution in [2.24, 2.45) is 0 Å². The fourth-order valence-electron chi connectivity index (χ4n) is 3.49. The van der Waals surface area contributed by atoms with Gasteiger partial charge in [-0.25, -0.2) is 13.2 Å². The van der Waals surface area contributed by atoms with Crippen LogP contribution in [0, 0.1) is 0 Å². The number of carboxylic acid groups (broad SMARTS) is 1. The average molecular weight is 400 g/mol. The van der Waals surface area contributed by atoms with Crippen LogP contribution in [-0.4, -0.2) is 48.7 Å². The van der Waals surface area contributed by atoms with Crippen LogP contribution in [0.3, 0.4) is 0 Å². The van der Waals surface area contributed by atoms with E-state index in [4.69, 9.17) is 9.84 Å². The highest BCUT2D eigenvalue weighted by Gasteiger charge is 2.26. The third-order valence-corrected chi connectivity index (χ3v) is 6.80.